The molecule has 21 heavy (non-hydrogen) atoms. The molecule has 0 aliphatic carbocycles. The molecule has 2 fully saturated rings. The summed E-state index contributed by atoms with van der Waals surface area (Å²) in [6.45, 7) is 9.93. The predicted molar refractivity (Wildman–Crippen MR) is 82.7 cm³/mol. The van der Waals surface area contributed by atoms with Crippen LogP contribution in [0, 0.1) is 13.8 Å². The minimum atomic E-state index is -0.388. The third-order valence-electron chi connectivity index (χ3n) is 4.49. The lowest BCUT2D eigenvalue weighted by molar-refractivity contribution is 0.0999. The van der Waals surface area contributed by atoms with Gasteiger partial charge in [-0.2, -0.15) is 0 Å². The number of aryl methyl sites for hydroxylation is 2. The van der Waals surface area contributed by atoms with Crippen LogP contribution in [0.15, 0.2) is 6.07 Å². The topological polar surface area (TPSA) is 74.5 Å². The highest BCUT2D eigenvalue weighted by Crippen LogP contribution is 2.25. The highest BCUT2D eigenvalue weighted by molar-refractivity contribution is 5.99. The van der Waals surface area contributed by atoms with Crippen molar-refractivity contribution in [2.24, 2.45) is 5.73 Å². The summed E-state index contributed by atoms with van der Waals surface area (Å²) in [5.41, 5.74) is 8.72. The molecule has 0 unspecified atom stereocenters. The molecule has 1 aromatic heterocycles. The number of nitrogens with zero attached hydrogens (tertiary/aromatic N) is 3. The molecule has 3 heterocycles. The number of rotatable bonds is 3. The van der Waals surface area contributed by atoms with Gasteiger partial charge in [0.25, 0.3) is 5.91 Å². The lowest BCUT2D eigenvalue weighted by Crippen LogP contribution is -2.61. The van der Waals surface area contributed by atoms with E-state index < -0.39 is 0 Å². The lowest BCUT2D eigenvalue weighted by Gasteiger charge is -2.44. The summed E-state index contributed by atoms with van der Waals surface area (Å²) < 4.78 is 0. The molecule has 2 saturated heterocycles. The number of hydrogen-bond acceptors (Lipinski definition) is 5. The van der Waals surface area contributed by atoms with Gasteiger partial charge >= 0.3 is 0 Å². The molecule has 3 N–H and O–H groups in total. The molecule has 2 aliphatic heterocycles. The zero-order valence-corrected chi connectivity index (χ0v) is 12.7. The van der Waals surface area contributed by atoms with E-state index in [-0.39, 0.29) is 5.91 Å². The SMILES string of the molecule is Cc1cc(N2CCN(C3CNC3)CC2)c(C(N)=O)c(C)n1. The van der Waals surface area contributed by atoms with E-state index in [0.29, 0.717) is 11.6 Å². The average Bonchev–Trinajstić information content (AvgIpc) is 2.36. The van der Waals surface area contributed by atoms with Crippen LogP contribution < -0.4 is 16.0 Å². The van der Waals surface area contributed by atoms with E-state index in [1.54, 1.807) is 0 Å². The number of pyridine rings is 1. The number of piperazine rings is 1. The molecule has 2 aliphatic rings. The fourth-order valence-electron chi connectivity index (χ4n) is 3.22. The second-order valence-corrected chi connectivity index (χ2v) is 5.94. The van der Waals surface area contributed by atoms with Crippen molar-refractivity contribution in [3.8, 4) is 0 Å². The minimum absolute atomic E-state index is 0.388. The molecule has 3 rings (SSSR count). The molecule has 0 spiro atoms. The van der Waals surface area contributed by atoms with Gasteiger partial charge in [-0.15, -0.1) is 0 Å². The summed E-state index contributed by atoms with van der Waals surface area (Å²) in [5.74, 6) is -0.388. The maximum absolute atomic E-state index is 11.8. The lowest BCUT2D eigenvalue weighted by atomic mass is 10.1. The number of aromatic nitrogens is 1. The number of amides is 1. The Morgan fingerprint density at radius 1 is 1.29 bits per heavy atom. The molecule has 0 radical (unpaired) electrons. The molecule has 1 aromatic rings. The van der Waals surface area contributed by atoms with Crippen LogP contribution in [0.4, 0.5) is 5.69 Å². The van der Waals surface area contributed by atoms with Gasteiger partial charge in [0, 0.05) is 51.0 Å². The van der Waals surface area contributed by atoms with Crippen molar-refractivity contribution in [1.29, 1.82) is 0 Å². The predicted octanol–water partition coefficient (Wildman–Crippen LogP) is -0.109. The van der Waals surface area contributed by atoms with Crippen LogP contribution in [0.1, 0.15) is 21.7 Å². The first-order valence-corrected chi connectivity index (χ1v) is 7.54. The van der Waals surface area contributed by atoms with Crippen LogP contribution in [-0.4, -0.2) is 61.1 Å². The van der Waals surface area contributed by atoms with E-state index in [4.69, 9.17) is 5.73 Å². The van der Waals surface area contributed by atoms with E-state index >= 15 is 0 Å². The van der Waals surface area contributed by atoms with Crippen molar-refractivity contribution in [2.45, 2.75) is 19.9 Å². The number of anilines is 1. The van der Waals surface area contributed by atoms with Gasteiger partial charge in [0.15, 0.2) is 0 Å². The van der Waals surface area contributed by atoms with E-state index in [1.807, 2.05) is 19.9 Å². The summed E-state index contributed by atoms with van der Waals surface area (Å²) >= 11 is 0. The Hall–Kier alpha value is -1.66. The van der Waals surface area contributed by atoms with Crippen LogP contribution in [0.25, 0.3) is 0 Å². The van der Waals surface area contributed by atoms with E-state index in [9.17, 15) is 4.79 Å². The Labute approximate surface area is 125 Å². The van der Waals surface area contributed by atoms with Crippen molar-refractivity contribution < 1.29 is 4.79 Å². The number of hydrogen-bond donors (Lipinski definition) is 2. The Balaban J connectivity index is 1.79. The molecule has 6 heteroatoms. The van der Waals surface area contributed by atoms with Crippen molar-refractivity contribution in [3.05, 3.63) is 23.0 Å². The molecule has 0 bridgehead atoms. The zero-order chi connectivity index (χ0) is 15.0. The van der Waals surface area contributed by atoms with Crippen molar-refractivity contribution in [3.63, 3.8) is 0 Å². The van der Waals surface area contributed by atoms with Crippen LogP contribution >= 0.6 is 0 Å². The molecular formula is C15H23N5O. The monoisotopic (exact) mass is 289 g/mol. The fourth-order valence-corrected chi connectivity index (χ4v) is 3.22. The maximum Gasteiger partial charge on any atom is 0.252 e. The maximum atomic E-state index is 11.8. The van der Waals surface area contributed by atoms with Gasteiger partial charge in [0.05, 0.1) is 16.9 Å². The van der Waals surface area contributed by atoms with Crippen LogP contribution in [0.5, 0.6) is 0 Å². The molecule has 0 saturated carbocycles. The van der Waals surface area contributed by atoms with E-state index in [2.05, 4.69) is 20.1 Å². The largest absolute Gasteiger partial charge is 0.368 e. The quantitative estimate of drug-likeness (QED) is 0.812. The summed E-state index contributed by atoms with van der Waals surface area (Å²) in [5, 5.41) is 3.32. The normalized spacial score (nSPS) is 20.4. The Morgan fingerprint density at radius 3 is 2.48 bits per heavy atom. The molecule has 6 nitrogen and oxygen atoms in total. The molecule has 114 valence electrons. The highest BCUT2D eigenvalue weighted by atomic mass is 16.1. The first-order chi connectivity index (χ1) is 10.1. The molecular weight excluding hydrogens is 266 g/mol. The fraction of sp³-hybridized carbons (Fsp3) is 0.600. The zero-order valence-electron chi connectivity index (χ0n) is 12.7. The van der Waals surface area contributed by atoms with Gasteiger partial charge in [-0.25, -0.2) is 0 Å². The summed E-state index contributed by atoms with van der Waals surface area (Å²) in [6, 6.07) is 2.66. The third kappa shape index (κ3) is 2.73. The summed E-state index contributed by atoms with van der Waals surface area (Å²) in [4.78, 5) is 20.9. The number of nitrogens with one attached hydrogen (secondary N) is 1. The van der Waals surface area contributed by atoms with Gasteiger partial charge in [-0.05, 0) is 19.9 Å². The number of primary amides is 1. The van der Waals surface area contributed by atoms with Gasteiger partial charge < -0.3 is 16.0 Å². The first-order valence-electron chi connectivity index (χ1n) is 7.54. The molecule has 1 amide bonds. The highest BCUT2D eigenvalue weighted by Gasteiger charge is 2.29. The van der Waals surface area contributed by atoms with Crippen LogP contribution in [-0.2, 0) is 0 Å². The molecule has 0 atom stereocenters. The average molecular weight is 289 g/mol. The van der Waals surface area contributed by atoms with Crippen LogP contribution in [0.3, 0.4) is 0 Å². The van der Waals surface area contributed by atoms with Gasteiger partial charge in [-0.3, -0.25) is 14.7 Å². The smallest absolute Gasteiger partial charge is 0.252 e. The Morgan fingerprint density at radius 2 is 1.95 bits per heavy atom. The summed E-state index contributed by atoms with van der Waals surface area (Å²) in [6.07, 6.45) is 0. The van der Waals surface area contributed by atoms with Gasteiger partial charge in [0.1, 0.15) is 0 Å². The van der Waals surface area contributed by atoms with E-state index in [0.717, 1.165) is 56.3 Å². The van der Waals surface area contributed by atoms with Crippen molar-refractivity contribution in [2.75, 3.05) is 44.2 Å². The standard InChI is InChI=1S/C15H23N5O/c1-10-7-13(14(15(16)21)11(2)18-10)20-5-3-19(4-6-20)12-8-17-9-12/h7,12,17H,3-6,8-9H2,1-2H3,(H2,16,21). The molecule has 0 aromatic carbocycles. The van der Waals surface area contributed by atoms with Crippen LogP contribution in [0.2, 0.25) is 0 Å². The minimum Gasteiger partial charge on any atom is -0.368 e. The van der Waals surface area contributed by atoms with Gasteiger partial charge in [0.2, 0.25) is 0 Å². The number of carbonyl (C=O) groups excluding carboxylic acids is 1. The first kappa shape index (κ1) is 14.3. The van der Waals surface area contributed by atoms with E-state index in [1.165, 1.54) is 0 Å². The number of nitrogens with two attached hydrogens (primary N) is 1. The van der Waals surface area contributed by atoms with Crippen molar-refractivity contribution >= 4 is 11.6 Å². The van der Waals surface area contributed by atoms with Crippen molar-refractivity contribution in [1.82, 2.24) is 15.2 Å². The van der Waals surface area contributed by atoms with Gasteiger partial charge in [-0.1, -0.05) is 0 Å². The Bertz CT molecular complexity index is 547. The number of carbonyl (C=O) groups is 1. The second kappa shape index (κ2) is 5.61. The second-order valence-electron chi connectivity index (χ2n) is 5.94. The Kier molecular flexibility index (Phi) is 3.82. The third-order valence-corrected chi connectivity index (χ3v) is 4.49. The summed E-state index contributed by atoms with van der Waals surface area (Å²) in [7, 11) is 0.